The first-order chi connectivity index (χ1) is 7.18. The van der Waals surface area contributed by atoms with Gasteiger partial charge in [0.2, 0.25) is 0 Å². The molecule has 1 aromatic rings. The zero-order chi connectivity index (χ0) is 10.8. The minimum Gasteiger partial charge on any atom is -0.388 e. The van der Waals surface area contributed by atoms with E-state index in [0.717, 1.165) is 25.7 Å². The minimum atomic E-state index is -0.542. The van der Waals surface area contributed by atoms with Crippen molar-refractivity contribution < 1.29 is 9.50 Å². The molecule has 0 aromatic heterocycles. The molecule has 1 N–H and O–H groups in total. The van der Waals surface area contributed by atoms with Gasteiger partial charge in [-0.05, 0) is 36.5 Å². The van der Waals surface area contributed by atoms with Gasteiger partial charge in [0.25, 0.3) is 0 Å². The molecule has 0 heterocycles. The lowest BCUT2D eigenvalue weighted by molar-refractivity contribution is 0.111. The first kappa shape index (κ1) is 10.9. The Bertz CT molecular complexity index is 347. The van der Waals surface area contributed by atoms with Crippen molar-refractivity contribution in [3.63, 3.8) is 0 Å². The lowest BCUT2D eigenvalue weighted by Crippen LogP contribution is -2.09. The van der Waals surface area contributed by atoms with Crippen LogP contribution in [0, 0.1) is 11.7 Å². The van der Waals surface area contributed by atoms with E-state index < -0.39 is 11.9 Å². The summed E-state index contributed by atoms with van der Waals surface area (Å²) >= 11 is 5.59. The third-order valence-corrected chi connectivity index (χ3v) is 3.44. The Morgan fingerprint density at radius 3 is 2.60 bits per heavy atom. The van der Waals surface area contributed by atoms with Gasteiger partial charge in [-0.15, -0.1) is 0 Å². The van der Waals surface area contributed by atoms with Crippen LogP contribution in [0.25, 0.3) is 0 Å². The van der Waals surface area contributed by atoms with Crippen molar-refractivity contribution >= 4 is 11.6 Å². The summed E-state index contributed by atoms with van der Waals surface area (Å²) in [7, 11) is 0. The summed E-state index contributed by atoms with van der Waals surface area (Å²) < 4.78 is 13.2. The summed E-state index contributed by atoms with van der Waals surface area (Å²) in [6.07, 6.45) is 3.85. The van der Waals surface area contributed by atoms with Crippen LogP contribution in [0.2, 0.25) is 5.02 Å². The van der Waals surface area contributed by atoms with Crippen LogP contribution in [-0.4, -0.2) is 5.11 Å². The number of rotatable bonds is 2. The van der Waals surface area contributed by atoms with Gasteiger partial charge in [0.15, 0.2) is 0 Å². The maximum atomic E-state index is 13.2. The maximum Gasteiger partial charge on any atom is 0.142 e. The molecule has 0 saturated heterocycles. The average molecular weight is 229 g/mol. The quantitative estimate of drug-likeness (QED) is 0.818. The van der Waals surface area contributed by atoms with E-state index in [1.54, 1.807) is 6.07 Å². The smallest absolute Gasteiger partial charge is 0.142 e. The van der Waals surface area contributed by atoms with Crippen LogP contribution >= 0.6 is 11.6 Å². The van der Waals surface area contributed by atoms with E-state index in [0.29, 0.717) is 5.56 Å². The minimum absolute atomic E-state index is 0.109. The van der Waals surface area contributed by atoms with Gasteiger partial charge in [-0.1, -0.05) is 30.5 Å². The molecule has 0 spiro atoms. The van der Waals surface area contributed by atoms with E-state index in [4.69, 9.17) is 11.6 Å². The first-order valence-corrected chi connectivity index (χ1v) is 5.69. The van der Waals surface area contributed by atoms with Gasteiger partial charge in [-0.25, -0.2) is 4.39 Å². The lowest BCUT2D eigenvalue weighted by Gasteiger charge is -2.18. The Kier molecular flexibility index (Phi) is 3.27. The highest BCUT2D eigenvalue weighted by Gasteiger charge is 2.24. The fourth-order valence-electron chi connectivity index (χ4n) is 2.24. The predicted octanol–water partition coefficient (Wildman–Crippen LogP) is 3.70. The van der Waals surface area contributed by atoms with Crippen molar-refractivity contribution in [2.75, 3.05) is 0 Å². The van der Waals surface area contributed by atoms with Gasteiger partial charge in [0, 0.05) is 0 Å². The molecule has 1 aliphatic rings. The molecule has 0 unspecified atom stereocenters. The van der Waals surface area contributed by atoms with Crippen LogP contribution in [-0.2, 0) is 0 Å². The molecule has 82 valence electrons. The van der Waals surface area contributed by atoms with Gasteiger partial charge in [-0.3, -0.25) is 0 Å². The van der Waals surface area contributed by atoms with Gasteiger partial charge in [0.05, 0.1) is 11.1 Å². The standard InChI is InChI=1S/C12H14ClFO/c13-10-6-5-9(7-11(10)14)12(15)8-3-1-2-4-8/h5-8,12,15H,1-4H2/t12-/m0/s1. The molecule has 1 aliphatic carbocycles. The first-order valence-electron chi connectivity index (χ1n) is 5.31. The summed E-state index contributed by atoms with van der Waals surface area (Å²) in [6.45, 7) is 0. The van der Waals surface area contributed by atoms with Crippen molar-refractivity contribution in [1.82, 2.24) is 0 Å². The number of hydrogen-bond acceptors (Lipinski definition) is 1. The second kappa shape index (κ2) is 4.50. The Hall–Kier alpha value is -0.600. The topological polar surface area (TPSA) is 20.2 Å². The highest BCUT2D eigenvalue weighted by atomic mass is 35.5. The van der Waals surface area contributed by atoms with Crippen LogP contribution in [0.3, 0.4) is 0 Å². The number of aliphatic hydroxyl groups is 1. The van der Waals surface area contributed by atoms with E-state index in [2.05, 4.69) is 0 Å². The zero-order valence-electron chi connectivity index (χ0n) is 8.42. The van der Waals surface area contributed by atoms with Crippen LogP contribution < -0.4 is 0 Å². The highest BCUT2D eigenvalue weighted by Crippen LogP contribution is 2.36. The molecule has 0 aliphatic heterocycles. The zero-order valence-corrected chi connectivity index (χ0v) is 9.17. The molecule has 3 heteroatoms. The molecule has 1 fully saturated rings. The molecule has 1 nitrogen and oxygen atoms in total. The summed E-state index contributed by atoms with van der Waals surface area (Å²) in [5, 5.41) is 10.1. The Balaban J connectivity index is 2.17. The lowest BCUT2D eigenvalue weighted by atomic mass is 9.94. The van der Waals surface area contributed by atoms with E-state index in [-0.39, 0.29) is 10.9 Å². The van der Waals surface area contributed by atoms with Crippen molar-refractivity contribution in [2.45, 2.75) is 31.8 Å². The van der Waals surface area contributed by atoms with Crippen molar-refractivity contribution in [3.8, 4) is 0 Å². The Morgan fingerprint density at radius 1 is 1.33 bits per heavy atom. The van der Waals surface area contributed by atoms with Crippen molar-refractivity contribution in [1.29, 1.82) is 0 Å². The molecule has 1 aromatic carbocycles. The summed E-state index contributed by atoms with van der Waals surface area (Å²) in [6, 6.07) is 4.55. The molecule has 1 atom stereocenters. The van der Waals surface area contributed by atoms with Crippen molar-refractivity contribution in [3.05, 3.63) is 34.6 Å². The third kappa shape index (κ3) is 2.32. The molecule has 2 rings (SSSR count). The summed E-state index contributed by atoms with van der Waals surface area (Å²) in [5.74, 6) is -0.170. The second-order valence-corrected chi connectivity index (χ2v) is 4.57. The summed E-state index contributed by atoms with van der Waals surface area (Å²) in [4.78, 5) is 0. The fourth-order valence-corrected chi connectivity index (χ4v) is 2.36. The Morgan fingerprint density at radius 2 is 2.00 bits per heavy atom. The molecule has 0 bridgehead atoms. The Labute approximate surface area is 93.9 Å². The monoisotopic (exact) mass is 228 g/mol. The van der Waals surface area contributed by atoms with E-state index >= 15 is 0 Å². The van der Waals surface area contributed by atoms with E-state index in [1.807, 2.05) is 0 Å². The largest absolute Gasteiger partial charge is 0.388 e. The summed E-state index contributed by atoms with van der Waals surface area (Å²) in [5.41, 5.74) is 0.642. The average Bonchev–Trinajstić information content (AvgIpc) is 2.74. The SMILES string of the molecule is O[C@H](c1ccc(Cl)c(F)c1)C1CCCC1. The molecule has 1 saturated carbocycles. The van der Waals surface area contributed by atoms with Gasteiger partial charge in [0.1, 0.15) is 5.82 Å². The van der Waals surface area contributed by atoms with Crippen molar-refractivity contribution in [2.24, 2.45) is 5.92 Å². The van der Waals surface area contributed by atoms with Crippen LogP contribution in [0.4, 0.5) is 4.39 Å². The normalized spacial score (nSPS) is 19.4. The van der Waals surface area contributed by atoms with E-state index in [1.165, 1.54) is 12.1 Å². The third-order valence-electron chi connectivity index (χ3n) is 3.13. The van der Waals surface area contributed by atoms with Gasteiger partial charge < -0.3 is 5.11 Å². The van der Waals surface area contributed by atoms with E-state index in [9.17, 15) is 9.50 Å². The van der Waals surface area contributed by atoms with Gasteiger partial charge in [-0.2, -0.15) is 0 Å². The molecule has 0 radical (unpaired) electrons. The number of halogens is 2. The number of aliphatic hydroxyl groups excluding tert-OH is 1. The molecular formula is C12H14ClFO. The van der Waals surface area contributed by atoms with Crippen LogP contribution in [0.1, 0.15) is 37.4 Å². The van der Waals surface area contributed by atoms with Crippen LogP contribution in [0.15, 0.2) is 18.2 Å². The van der Waals surface area contributed by atoms with Gasteiger partial charge >= 0.3 is 0 Å². The maximum absolute atomic E-state index is 13.2. The molecular weight excluding hydrogens is 215 g/mol. The number of benzene rings is 1. The fraction of sp³-hybridized carbons (Fsp3) is 0.500. The molecule has 15 heavy (non-hydrogen) atoms. The highest BCUT2D eigenvalue weighted by molar-refractivity contribution is 6.30. The van der Waals surface area contributed by atoms with Crippen LogP contribution in [0.5, 0.6) is 0 Å². The second-order valence-electron chi connectivity index (χ2n) is 4.16. The molecule has 0 amide bonds. The predicted molar refractivity (Wildman–Crippen MR) is 58.3 cm³/mol. The number of hydrogen-bond donors (Lipinski definition) is 1.